The molecule has 0 fully saturated rings. The Balaban J connectivity index is 2.07. The third-order valence-corrected chi connectivity index (χ3v) is 4.51. The van der Waals surface area contributed by atoms with Gasteiger partial charge in [-0.25, -0.2) is 0 Å². The zero-order valence-corrected chi connectivity index (χ0v) is 15.7. The Morgan fingerprint density at radius 2 is 1.33 bits per heavy atom. The number of nitrogens with zero attached hydrogens (tertiary/aromatic N) is 1. The Morgan fingerprint density at radius 1 is 0.815 bits per heavy atom. The first-order chi connectivity index (χ1) is 12.7. The fourth-order valence-electron chi connectivity index (χ4n) is 2.44. The molecule has 0 saturated heterocycles. The van der Waals surface area contributed by atoms with E-state index in [1.165, 1.54) is 0 Å². The number of aryl methyl sites for hydroxylation is 4. The van der Waals surface area contributed by atoms with E-state index < -0.39 is 23.5 Å². The molecule has 0 aromatic heterocycles. The molecule has 0 aliphatic heterocycles. The maximum Gasteiger partial charge on any atom is 0.269 e. The van der Waals surface area contributed by atoms with Crippen molar-refractivity contribution in [3.05, 3.63) is 69.8 Å². The van der Waals surface area contributed by atoms with E-state index in [1.54, 1.807) is 42.5 Å². The number of carbonyl (C=O) groups excluding carboxylic acids is 3. The highest BCUT2D eigenvalue weighted by atomic mass is 16.2. The first-order valence-electron chi connectivity index (χ1n) is 8.43. The van der Waals surface area contributed by atoms with Crippen LogP contribution >= 0.6 is 0 Å². The minimum atomic E-state index is -1.55. The Morgan fingerprint density at radius 3 is 1.85 bits per heavy atom. The normalized spacial score (nSPS) is 11.2. The third-order valence-electron chi connectivity index (χ3n) is 4.51. The minimum absolute atomic E-state index is 0.278. The van der Waals surface area contributed by atoms with Crippen molar-refractivity contribution in [2.45, 2.75) is 27.7 Å². The summed E-state index contributed by atoms with van der Waals surface area (Å²) in [4.78, 5) is 36.9. The van der Waals surface area contributed by atoms with Crippen LogP contribution in [0.1, 0.15) is 43.0 Å². The molecule has 0 heterocycles. The highest BCUT2D eigenvalue weighted by Gasteiger charge is 2.28. The van der Waals surface area contributed by atoms with Crippen molar-refractivity contribution in [1.29, 1.82) is 5.26 Å². The van der Waals surface area contributed by atoms with Gasteiger partial charge in [-0.05, 0) is 68.1 Å². The van der Waals surface area contributed by atoms with Gasteiger partial charge in [-0.15, -0.1) is 0 Å². The lowest BCUT2D eigenvalue weighted by Gasteiger charge is -2.12. The molecule has 138 valence electrons. The Kier molecular flexibility index (Phi) is 6.09. The van der Waals surface area contributed by atoms with E-state index in [9.17, 15) is 19.6 Å². The molecule has 1 atom stereocenters. The zero-order valence-electron chi connectivity index (χ0n) is 15.7. The van der Waals surface area contributed by atoms with E-state index in [-0.39, 0.29) is 5.56 Å². The summed E-state index contributed by atoms with van der Waals surface area (Å²) in [5.41, 5.74) is 8.93. The SMILES string of the molecule is Cc1ccc(C(=O)NNC(=O)C(C#N)C(=O)c2ccc(C)c(C)c2)cc1C. The fraction of sp³-hybridized carbons (Fsp3) is 0.238. The standard InChI is InChI=1S/C21H21N3O3/c1-12-5-7-16(9-14(12)3)19(25)18(11-22)21(27)24-23-20(26)17-8-6-13(2)15(4)10-17/h5-10,18H,1-4H3,(H,23,26)(H,24,27). The summed E-state index contributed by atoms with van der Waals surface area (Å²) in [6, 6.07) is 11.8. The van der Waals surface area contributed by atoms with Crippen LogP contribution in [0.4, 0.5) is 0 Å². The zero-order chi connectivity index (χ0) is 20.1. The quantitative estimate of drug-likeness (QED) is 0.496. The molecular weight excluding hydrogens is 342 g/mol. The van der Waals surface area contributed by atoms with Gasteiger partial charge in [0.1, 0.15) is 0 Å². The number of benzene rings is 2. The van der Waals surface area contributed by atoms with Gasteiger partial charge in [-0.1, -0.05) is 18.2 Å². The lowest BCUT2D eigenvalue weighted by Crippen LogP contribution is -2.46. The van der Waals surface area contributed by atoms with Gasteiger partial charge < -0.3 is 0 Å². The second kappa shape index (κ2) is 8.28. The molecule has 0 aliphatic rings. The number of carbonyl (C=O) groups is 3. The number of nitrogens with one attached hydrogen (secondary N) is 2. The lowest BCUT2D eigenvalue weighted by atomic mass is 9.95. The first-order valence-corrected chi connectivity index (χ1v) is 8.43. The van der Waals surface area contributed by atoms with Gasteiger partial charge >= 0.3 is 0 Å². The van der Waals surface area contributed by atoms with Crippen molar-refractivity contribution in [3.8, 4) is 6.07 Å². The average Bonchev–Trinajstić information content (AvgIpc) is 2.64. The monoisotopic (exact) mass is 363 g/mol. The van der Waals surface area contributed by atoms with Crippen molar-refractivity contribution >= 4 is 17.6 Å². The van der Waals surface area contributed by atoms with Crippen molar-refractivity contribution in [1.82, 2.24) is 10.9 Å². The van der Waals surface area contributed by atoms with Gasteiger partial charge in [0.2, 0.25) is 0 Å². The van der Waals surface area contributed by atoms with Crippen LogP contribution in [0, 0.1) is 44.9 Å². The Hall–Kier alpha value is -3.46. The summed E-state index contributed by atoms with van der Waals surface area (Å²) >= 11 is 0. The number of nitriles is 1. The molecule has 1 unspecified atom stereocenters. The van der Waals surface area contributed by atoms with E-state index >= 15 is 0 Å². The van der Waals surface area contributed by atoms with E-state index in [2.05, 4.69) is 10.9 Å². The van der Waals surface area contributed by atoms with E-state index in [1.807, 2.05) is 27.7 Å². The van der Waals surface area contributed by atoms with Crippen LogP contribution in [0.3, 0.4) is 0 Å². The smallest absolute Gasteiger partial charge is 0.269 e. The Labute approximate surface area is 158 Å². The van der Waals surface area contributed by atoms with Gasteiger partial charge in [-0.2, -0.15) is 5.26 Å². The summed E-state index contributed by atoms with van der Waals surface area (Å²) in [7, 11) is 0. The van der Waals surface area contributed by atoms with Crippen LogP contribution in [0.5, 0.6) is 0 Å². The molecule has 0 saturated carbocycles. The van der Waals surface area contributed by atoms with Crippen LogP contribution in [0.25, 0.3) is 0 Å². The summed E-state index contributed by atoms with van der Waals surface area (Å²) < 4.78 is 0. The summed E-state index contributed by atoms with van der Waals surface area (Å²) in [5, 5.41) is 9.26. The molecule has 0 radical (unpaired) electrons. The lowest BCUT2D eigenvalue weighted by molar-refractivity contribution is -0.123. The van der Waals surface area contributed by atoms with Gasteiger partial charge in [0.05, 0.1) is 6.07 Å². The van der Waals surface area contributed by atoms with Crippen molar-refractivity contribution in [2.75, 3.05) is 0 Å². The van der Waals surface area contributed by atoms with E-state index in [0.29, 0.717) is 5.56 Å². The van der Waals surface area contributed by atoms with Crippen LogP contribution in [0.2, 0.25) is 0 Å². The average molecular weight is 363 g/mol. The molecule has 0 spiro atoms. The van der Waals surface area contributed by atoms with E-state index in [4.69, 9.17) is 0 Å². The largest absolute Gasteiger partial charge is 0.292 e. The minimum Gasteiger partial charge on any atom is -0.292 e. The summed E-state index contributed by atoms with van der Waals surface area (Å²) in [6.07, 6.45) is 0. The van der Waals surface area contributed by atoms with Gasteiger partial charge in [-0.3, -0.25) is 25.2 Å². The van der Waals surface area contributed by atoms with Crippen LogP contribution in [-0.4, -0.2) is 17.6 Å². The molecule has 2 amide bonds. The molecule has 6 nitrogen and oxygen atoms in total. The van der Waals surface area contributed by atoms with Crippen molar-refractivity contribution in [2.24, 2.45) is 5.92 Å². The van der Waals surface area contributed by atoms with Gasteiger partial charge in [0, 0.05) is 11.1 Å². The second-order valence-electron chi connectivity index (χ2n) is 6.47. The second-order valence-corrected chi connectivity index (χ2v) is 6.47. The molecule has 2 N–H and O–H groups in total. The number of hydrogen-bond acceptors (Lipinski definition) is 4. The molecule has 2 aromatic carbocycles. The van der Waals surface area contributed by atoms with Crippen molar-refractivity contribution < 1.29 is 14.4 Å². The van der Waals surface area contributed by atoms with Crippen LogP contribution in [-0.2, 0) is 4.79 Å². The maximum atomic E-state index is 12.5. The molecule has 2 rings (SSSR count). The topological polar surface area (TPSA) is 99.1 Å². The number of amides is 2. The van der Waals surface area contributed by atoms with E-state index in [0.717, 1.165) is 22.3 Å². The number of hydrazine groups is 1. The molecule has 27 heavy (non-hydrogen) atoms. The highest BCUT2D eigenvalue weighted by Crippen LogP contribution is 2.14. The fourth-order valence-corrected chi connectivity index (χ4v) is 2.44. The molecule has 6 heteroatoms. The molecule has 0 bridgehead atoms. The Bertz CT molecular complexity index is 958. The highest BCUT2D eigenvalue weighted by molar-refractivity contribution is 6.12. The first kappa shape index (κ1) is 19.9. The number of rotatable bonds is 4. The number of ketones is 1. The number of hydrogen-bond donors (Lipinski definition) is 2. The summed E-state index contributed by atoms with van der Waals surface area (Å²) in [6.45, 7) is 7.55. The third kappa shape index (κ3) is 4.59. The van der Waals surface area contributed by atoms with Crippen molar-refractivity contribution in [3.63, 3.8) is 0 Å². The van der Waals surface area contributed by atoms with Gasteiger partial charge in [0.15, 0.2) is 11.7 Å². The maximum absolute atomic E-state index is 12.5. The molecule has 2 aromatic rings. The predicted molar refractivity (Wildman–Crippen MR) is 101 cm³/mol. The predicted octanol–water partition coefficient (Wildman–Crippen LogP) is 2.70. The van der Waals surface area contributed by atoms with Crippen LogP contribution < -0.4 is 10.9 Å². The summed E-state index contributed by atoms with van der Waals surface area (Å²) in [5.74, 6) is -3.56. The number of Topliss-reactive ketones (excluding diaryl/α,β-unsaturated/α-hetero) is 1. The molecular formula is C21H21N3O3. The molecule has 0 aliphatic carbocycles. The van der Waals surface area contributed by atoms with Crippen LogP contribution in [0.15, 0.2) is 36.4 Å². The van der Waals surface area contributed by atoms with Gasteiger partial charge in [0.25, 0.3) is 11.8 Å².